The molecule has 2 aliphatic rings. The van der Waals surface area contributed by atoms with E-state index in [9.17, 15) is 14.7 Å². The van der Waals surface area contributed by atoms with Crippen LogP contribution in [0.4, 0.5) is 0 Å². The molecule has 14 heavy (non-hydrogen) atoms. The summed E-state index contributed by atoms with van der Waals surface area (Å²) in [6.45, 7) is 3.45. The van der Waals surface area contributed by atoms with Crippen LogP contribution in [0.25, 0.3) is 0 Å². The summed E-state index contributed by atoms with van der Waals surface area (Å²) in [7, 11) is 0. The lowest BCUT2D eigenvalue weighted by molar-refractivity contribution is -0.163. The van der Waals surface area contributed by atoms with Crippen molar-refractivity contribution in [1.82, 2.24) is 0 Å². The first-order valence-corrected chi connectivity index (χ1v) is 5.18. The Morgan fingerprint density at radius 2 is 1.93 bits per heavy atom. The Morgan fingerprint density at radius 1 is 1.29 bits per heavy atom. The molecule has 78 valence electrons. The van der Waals surface area contributed by atoms with E-state index in [1.165, 1.54) is 0 Å². The number of hydrogen-bond acceptors (Lipinski definition) is 3. The summed E-state index contributed by atoms with van der Waals surface area (Å²) in [5, 5.41) is 10.0. The van der Waals surface area contributed by atoms with Crippen molar-refractivity contribution < 1.29 is 14.7 Å². The minimum atomic E-state index is -0.892. The first-order chi connectivity index (χ1) is 6.38. The molecule has 0 radical (unpaired) electrons. The Balaban J connectivity index is 2.39. The molecule has 2 saturated carbocycles. The molecule has 0 aromatic carbocycles. The van der Waals surface area contributed by atoms with E-state index in [-0.39, 0.29) is 17.5 Å². The standard InChI is InChI=1S/C11H16O3/c1-10-5-6-11(2,14)7(9(10)13)3-4-8(10)12/h7,14H,3-6H2,1-2H3/t7-,10+,11-/m1/s1. The van der Waals surface area contributed by atoms with Gasteiger partial charge in [-0.1, -0.05) is 0 Å². The van der Waals surface area contributed by atoms with Crippen molar-refractivity contribution in [2.24, 2.45) is 11.3 Å². The van der Waals surface area contributed by atoms with Gasteiger partial charge in [-0.25, -0.2) is 0 Å². The van der Waals surface area contributed by atoms with Gasteiger partial charge in [-0.15, -0.1) is 0 Å². The zero-order valence-corrected chi connectivity index (χ0v) is 8.67. The van der Waals surface area contributed by atoms with E-state index < -0.39 is 11.0 Å². The Bertz CT molecular complexity index is 306. The Hall–Kier alpha value is -0.700. The lowest BCUT2D eigenvalue weighted by Crippen LogP contribution is -2.57. The SMILES string of the molecule is C[C@]12CC[C@@](C)(O)[C@H](CCC1=O)C2=O. The lowest BCUT2D eigenvalue weighted by atomic mass is 9.56. The Kier molecular flexibility index (Phi) is 1.87. The van der Waals surface area contributed by atoms with E-state index in [0.717, 1.165) is 0 Å². The van der Waals surface area contributed by atoms with Crippen molar-refractivity contribution in [1.29, 1.82) is 0 Å². The predicted octanol–water partition coefficient (Wildman–Crippen LogP) is 1.09. The van der Waals surface area contributed by atoms with Gasteiger partial charge < -0.3 is 5.11 Å². The van der Waals surface area contributed by atoms with E-state index in [4.69, 9.17) is 0 Å². The van der Waals surface area contributed by atoms with Crippen LogP contribution in [0.5, 0.6) is 0 Å². The van der Waals surface area contributed by atoms with Gasteiger partial charge in [-0.3, -0.25) is 9.59 Å². The molecule has 0 aromatic rings. The third-order valence-corrected chi connectivity index (χ3v) is 4.02. The van der Waals surface area contributed by atoms with E-state index in [1.807, 2.05) is 0 Å². The van der Waals surface area contributed by atoms with Gasteiger partial charge in [0.15, 0.2) is 5.78 Å². The van der Waals surface area contributed by atoms with Gasteiger partial charge in [-0.05, 0) is 33.1 Å². The zero-order valence-electron chi connectivity index (χ0n) is 8.67. The fourth-order valence-electron chi connectivity index (χ4n) is 2.74. The molecule has 0 aromatic heterocycles. The summed E-state index contributed by atoms with van der Waals surface area (Å²) in [5.74, 6) is -0.293. The number of ketones is 2. The normalized spacial score (nSPS) is 48.1. The van der Waals surface area contributed by atoms with Gasteiger partial charge >= 0.3 is 0 Å². The monoisotopic (exact) mass is 196 g/mol. The molecule has 1 N–H and O–H groups in total. The highest BCUT2D eigenvalue weighted by Gasteiger charge is 2.56. The summed E-state index contributed by atoms with van der Waals surface area (Å²) >= 11 is 0. The minimum Gasteiger partial charge on any atom is -0.389 e. The predicted molar refractivity (Wildman–Crippen MR) is 50.7 cm³/mol. The Morgan fingerprint density at radius 3 is 2.57 bits per heavy atom. The molecule has 3 atom stereocenters. The number of aliphatic hydroxyl groups is 1. The van der Waals surface area contributed by atoms with Crippen LogP contribution in [0.3, 0.4) is 0 Å². The molecule has 2 bridgehead atoms. The third-order valence-electron chi connectivity index (χ3n) is 4.02. The topological polar surface area (TPSA) is 54.4 Å². The van der Waals surface area contributed by atoms with Crippen LogP contribution in [0.15, 0.2) is 0 Å². The van der Waals surface area contributed by atoms with Crippen molar-refractivity contribution in [3.63, 3.8) is 0 Å². The second-order valence-electron chi connectivity index (χ2n) is 5.07. The van der Waals surface area contributed by atoms with Gasteiger partial charge in [0.25, 0.3) is 0 Å². The summed E-state index contributed by atoms with van der Waals surface area (Å²) < 4.78 is 0. The molecule has 2 aliphatic carbocycles. The molecule has 0 spiro atoms. The molecule has 3 nitrogen and oxygen atoms in total. The van der Waals surface area contributed by atoms with Crippen LogP contribution in [-0.4, -0.2) is 22.3 Å². The van der Waals surface area contributed by atoms with Crippen molar-refractivity contribution in [3.05, 3.63) is 0 Å². The number of rotatable bonds is 0. The number of Topliss-reactive ketones (excluding diaryl/α,β-unsaturated/α-hetero) is 2. The fraction of sp³-hybridized carbons (Fsp3) is 0.818. The van der Waals surface area contributed by atoms with Crippen LogP contribution in [0.2, 0.25) is 0 Å². The van der Waals surface area contributed by atoms with Crippen LogP contribution in [0, 0.1) is 11.3 Å². The molecular weight excluding hydrogens is 180 g/mol. The third kappa shape index (κ3) is 1.08. The van der Waals surface area contributed by atoms with Crippen LogP contribution >= 0.6 is 0 Å². The second-order valence-corrected chi connectivity index (χ2v) is 5.07. The quantitative estimate of drug-likeness (QED) is 0.590. The van der Waals surface area contributed by atoms with Gasteiger partial charge in [0, 0.05) is 12.3 Å². The van der Waals surface area contributed by atoms with Crippen LogP contribution < -0.4 is 0 Å². The van der Waals surface area contributed by atoms with Gasteiger partial charge in [0.05, 0.1) is 11.0 Å². The second kappa shape index (κ2) is 2.66. The molecule has 2 rings (SSSR count). The molecule has 2 fully saturated rings. The van der Waals surface area contributed by atoms with Crippen molar-refractivity contribution in [2.45, 2.75) is 45.1 Å². The fourth-order valence-corrected chi connectivity index (χ4v) is 2.74. The van der Waals surface area contributed by atoms with Crippen LogP contribution in [-0.2, 0) is 9.59 Å². The van der Waals surface area contributed by atoms with Gasteiger partial charge in [0.1, 0.15) is 5.78 Å². The first-order valence-electron chi connectivity index (χ1n) is 5.18. The highest BCUT2D eigenvalue weighted by Crippen LogP contribution is 2.47. The summed E-state index contributed by atoms with van der Waals surface area (Å²) in [6, 6.07) is 0. The summed E-state index contributed by atoms with van der Waals surface area (Å²) in [6.07, 6.45) is 2.04. The maximum atomic E-state index is 12.0. The maximum absolute atomic E-state index is 12.0. The molecule has 0 unspecified atom stereocenters. The highest BCUT2D eigenvalue weighted by atomic mass is 16.3. The van der Waals surface area contributed by atoms with Gasteiger partial charge in [-0.2, -0.15) is 0 Å². The van der Waals surface area contributed by atoms with Crippen molar-refractivity contribution >= 4 is 11.6 Å². The largest absolute Gasteiger partial charge is 0.389 e. The summed E-state index contributed by atoms with van der Waals surface area (Å²) in [4.78, 5) is 23.6. The lowest BCUT2D eigenvalue weighted by Gasteiger charge is -2.47. The first kappa shape index (κ1) is 9.84. The highest BCUT2D eigenvalue weighted by molar-refractivity contribution is 6.10. The average molecular weight is 196 g/mol. The zero-order chi connectivity index (χ0) is 10.6. The minimum absolute atomic E-state index is 0.0370. The van der Waals surface area contributed by atoms with Crippen LogP contribution in [0.1, 0.15) is 39.5 Å². The van der Waals surface area contributed by atoms with E-state index >= 15 is 0 Å². The summed E-state index contributed by atoms with van der Waals surface area (Å²) in [5.41, 5.74) is -1.68. The van der Waals surface area contributed by atoms with Gasteiger partial charge in [0.2, 0.25) is 0 Å². The number of hydrogen-bond donors (Lipinski definition) is 1. The van der Waals surface area contributed by atoms with E-state index in [0.29, 0.717) is 25.7 Å². The molecule has 3 heteroatoms. The molecule has 0 amide bonds. The number of carbonyl (C=O) groups excluding carboxylic acids is 2. The molecule has 0 heterocycles. The van der Waals surface area contributed by atoms with Crippen molar-refractivity contribution in [3.8, 4) is 0 Å². The average Bonchev–Trinajstić information content (AvgIpc) is 2.10. The Labute approximate surface area is 83.5 Å². The van der Waals surface area contributed by atoms with Crippen molar-refractivity contribution in [2.75, 3.05) is 0 Å². The molecule has 0 saturated heterocycles. The molecule has 0 aliphatic heterocycles. The van der Waals surface area contributed by atoms with E-state index in [1.54, 1.807) is 13.8 Å². The molecular formula is C11H16O3. The smallest absolute Gasteiger partial charge is 0.152 e. The number of fused-ring (bicyclic) bond motifs is 2. The number of carbonyl (C=O) groups is 2. The maximum Gasteiger partial charge on any atom is 0.152 e. The van der Waals surface area contributed by atoms with E-state index in [2.05, 4.69) is 0 Å².